The van der Waals surface area contributed by atoms with E-state index < -0.39 is 10.1 Å². The molecule has 5 rings (SSSR count). The molecule has 0 amide bonds. The second-order valence-corrected chi connectivity index (χ2v) is 9.58. The van der Waals surface area contributed by atoms with E-state index in [-0.39, 0.29) is 16.2 Å². The molecule has 0 saturated carbocycles. The number of hydrogen-bond acceptors (Lipinski definition) is 6. The van der Waals surface area contributed by atoms with Crippen molar-refractivity contribution in [1.82, 2.24) is 9.38 Å². The minimum atomic E-state index is -4.01. The molecule has 6 nitrogen and oxygen atoms in total. The van der Waals surface area contributed by atoms with Crippen LogP contribution in [0.1, 0.15) is 11.1 Å². The third kappa shape index (κ3) is 3.49. The minimum absolute atomic E-state index is 0.0680. The van der Waals surface area contributed by atoms with E-state index >= 15 is 0 Å². The first-order valence-electron chi connectivity index (χ1n) is 9.44. The molecule has 2 heterocycles. The first-order chi connectivity index (χ1) is 14.9. The summed E-state index contributed by atoms with van der Waals surface area (Å²) >= 11 is 1.25. The van der Waals surface area contributed by atoms with Crippen LogP contribution in [0.3, 0.4) is 0 Å². The zero-order valence-corrected chi connectivity index (χ0v) is 18.0. The summed E-state index contributed by atoms with van der Waals surface area (Å²) in [4.78, 5) is 18.2. The lowest BCUT2D eigenvalue weighted by atomic mass is 10.2. The molecule has 0 aliphatic heterocycles. The normalized spacial score (nSPS) is 12.6. The molecule has 0 radical (unpaired) electrons. The summed E-state index contributed by atoms with van der Waals surface area (Å²) in [6, 6.07) is 20.6. The van der Waals surface area contributed by atoms with Crippen LogP contribution in [-0.4, -0.2) is 17.8 Å². The summed E-state index contributed by atoms with van der Waals surface area (Å²) in [5, 5.41) is 0. The van der Waals surface area contributed by atoms with E-state index in [1.54, 1.807) is 46.9 Å². The lowest BCUT2D eigenvalue weighted by molar-refractivity contribution is 0.485. The maximum Gasteiger partial charge on any atom is 0.339 e. The first-order valence-corrected chi connectivity index (χ1v) is 11.7. The average Bonchev–Trinajstić information content (AvgIpc) is 3.26. The molecule has 0 aliphatic carbocycles. The standard InChI is InChI=1S/C23H16N2O4S2/c1-15-10-12-17(13-11-15)31(27,28)29-20-9-5-2-6-16(20)14-21-22(26)25-19-8-4-3-7-18(19)24-23(25)30-21/h2-14H,1H3/b21-14+. The maximum absolute atomic E-state index is 13.0. The number of imidazole rings is 1. The largest absolute Gasteiger partial charge is 0.378 e. The topological polar surface area (TPSA) is 77.7 Å². The molecule has 154 valence electrons. The Bertz CT molecular complexity index is 1650. The van der Waals surface area contributed by atoms with Crippen LogP contribution in [0.4, 0.5) is 0 Å². The van der Waals surface area contributed by atoms with E-state index in [2.05, 4.69) is 4.98 Å². The third-order valence-electron chi connectivity index (χ3n) is 4.86. The maximum atomic E-state index is 13.0. The molecule has 0 atom stereocenters. The van der Waals surface area contributed by atoms with Crippen molar-refractivity contribution in [2.24, 2.45) is 0 Å². The van der Waals surface area contributed by atoms with E-state index in [0.29, 0.717) is 15.1 Å². The molecule has 0 fully saturated rings. The second-order valence-electron chi connectivity index (χ2n) is 7.02. The Balaban J connectivity index is 1.60. The van der Waals surface area contributed by atoms with Crippen LogP contribution in [0.5, 0.6) is 5.75 Å². The molecule has 31 heavy (non-hydrogen) atoms. The number of benzene rings is 3. The van der Waals surface area contributed by atoms with Gasteiger partial charge in [-0.05, 0) is 43.3 Å². The predicted octanol–water partition coefficient (Wildman–Crippen LogP) is 3.53. The highest BCUT2D eigenvalue weighted by Crippen LogP contribution is 2.24. The van der Waals surface area contributed by atoms with E-state index in [4.69, 9.17) is 4.18 Å². The Hall–Kier alpha value is -3.49. The number of fused-ring (bicyclic) bond motifs is 3. The van der Waals surface area contributed by atoms with Gasteiger partial charge in [0.2, 0.25) is 0 Å². The number of hydrogen-bond donors (Lipinski definition) is 0. The highest BCUT2D eigenvalue weighted by molar-refractivity contribution is 7.87. The van der Waals surface area contributed by atoms with Crippen molar-refractivity contribution < 1.29 is 12.6 Å². The van der Waals surface area contributed by atoms with E-state index in [1.807, 2.05) is 31.2 Å². The zero-order chi connectivity index (χ0) is 21.6. The zero-order valence-electron chi connectivity index (χ0n) is 16.3. The molecule has 0 N–H and O–H groups in total. The van der Waals surface area contributed by atoms with Crippen LogP contribution in [0.25, 0.3) is 22.1 Å². The van der Waals surface area contributed by atoms with Crippen LogP contribution in [-0.2, 0) is 10.1 Å². The quantitative estimate of drug-likeness (QED) is 0.393. The smallest absolute Gasteiger partial charge is 0.339 e. The van der Waals surface area contributed by atoms with Gasteiger partial charge in [-0.2, -0.15) is 8.42 Å². The SMILES string of the molecule is Cc1ccc(S(=O)(=O)Oc2ccccc2/C=c2/sc3nc4ccccc4n3c2=O)cc1. The number of nitrogens with zero attached hydrogens (tertiary/aromatic N) is 2. The van der Waals surface area contributed by atoms with Gasteiger partial charge in [-0.15, -0.1) is 0 Å². The Morgan fingerprint density at radius 2 is 1.68 bits per heavy atom. The van der Waals surface area contributed by atoms with Gasteiger partial charge in [0.15, 0.2) is 4.96 Å². The van der Waals surface area contributed by atoms with Crippen LogP contribution >= 0.6 is 11.3 Å². The molecular weight excluding hydrogens is 432 g/mol. The fourth-order valence-corrected chi connectivity index (χ4v) is 5.23. The molecule has 0 unspecified atom stereocenters. The average molecular weight is 449 g/mol. The fourth-order valence-electron chi connectivity index (χ4n) is 3.30. The van der Waals surface area contributed by atoms with Gasteiger partial charge in [-0.1, -0.05) is 59.4 Å². The summed E-state index contributed by atoms with van der Waals surface area (Å²) < 4.78 is 32.9. The molecule has 5 aromatic rings. The van der Waals surface area contributed by atoms with Gasteiger partial charge in [0, 0.05) is 5.56 Å². The molecule has 0 spiro atoms. The Morgan fingerprint density at radius 1 is 0.968 bits per heavy atom. The van der Waals surface area contributed by atoms with Crippen molar-refractivity contribution in [3.8, 4) is 5.75 Å². The highest BCUT2D eigenvalue weighted by atomic mass is 32.2. The molecule has 2 aromatic heterocycles. The van der Waals surface area contributed by atoms with Crippen molar-refractivity contribution in [1.29, 1.82) is 0 Å². The van der Waals surface area contributed by atoms with Gasteiger partial charge in [-0.3, -0.25) is 4.79 Å². The summed E-state index contributed by atoms with van der Waals surface area (Å²) in [6.07, 6.45) is 1.64. The van der Waals surface area contributed by atoms with Crippen molar-refractivity contribution in [3.05, 3.63) is 98.8 Å². The molecule has 0 saturated heterocycles. The van der Waals surface area contributed by atoms with E-state index in [9.17, 15) is 13.2 Å². The van der Waals surface area contributed by atoms with E-state index in [0.717, 1.165) is 16.6 Å². The molecule has 3 aromatic carbocycles. The van der Waals surface area contributed by atoms with Gasteiger partial charge in [0.25, 0.3) is 5.56 Å². The number of aryl methyl sites for hydroxylation is 1. The first kappa shape index (κ1) is 19.5. The number of rotatable bonds is 4. The molecule has 8 heteroatoms. The summed E-state index contributed by atoms with van der Waals surface area (Å²) in [5.41, 5.74) is 2.73. The van der Waals surface area contributed by atoms with Crippen LogP contribution in [0.15, 0.2) is 82.5 Å². The van der Waals surface area contributed by atoms with Crippen molar-refractivity contribution in [2.45, 2.75) is 11.8 Å². The van der Waals surface area contributed by atoms with E-state index in [1.165, 1.54) is 23.5 Å². The summed E-state index contributed by atoms with van der Waals surface area (Å²) in [7, 11) is -4.01. The second kappa shape index (κ2) is 7.33. The van der Waals surface area contributed by atoms with Crippen LogP contribution in [0, 0.1) is 6.92 Å². The van der Waals surface area contributed by atoms with Gasteiger partial charge in [-0.25, -0.2) is 9.38 Å². The van der Waals surface area contributed by atoms with Crippen LogP contribution in [0.2, 0.25) is 0 Å². The summed E-state index contributed by atoms with van der Waals surface area (Å²) in [5.74, 6) is 0.151. The molecular formula is C23H16N2O4S2. The molecule has 0 bridgehead atoms. The van der Waals surface area contributed by atoms with Gasteiger partial charge in [0.1, 0.15) is 10.6 Å². The van der Waals surface area contributed by atoms with Crippen molar-refractivity contribution in [2.75, 3.05) is 0 Å². The number of para-hydroxylation sites is 3. The van der Waals surface area contributed by atoms with Crippen LogP contribution < -0.4 is 14.3 Å². The lowest BCUT2D eigenvalue weighted by Gasteiger charge is -2.09. The Kier molecular flexibility index (Phi) is 4.60. The summed E-state index contributed by atoms with van der Waals surface area (Å²) in [6.45, 7) is 1.88. The van der Waals surface area contributed by atoms with Gasteiger partial charge < -0.3 is 4.18 Å². The predicted molar refractivity (Wildman–Crippen MR) is 121 cm³/mol. The Labute approximate surface area is 181 Å². The van der Waals surface area contributed by atoms with Gasteiger partial charge in [0.05, 0.1) is 15.6 Å². The third-order valence-corrected chi connectivity index (χ3v) is 7.08. The lowest BCUT2D eigenvalue weighted by Crippen LogP contribution is -2.22. The molecule has 0 aliphatic rings. The fraction of sp³-hybridized carbons (Fsp3) is 0.0435. The Morgan fingerprint density at radius 3 is 2.48 bits per heavy atom. The number of thiazole rings is 1. The minimum Gasteiger partial charge on any atom is -0.378 e. The highest BCUT2D eigenvalue weighted by Gasteiger charge is 2.18. The monoisotopic (exact) mass is 448 g/mol. The number of aromatic nitrogens is 2. The van der Waals surface area contributed by atoms with Crippen molar-refractivity contribution >= 4 is 43.5 Å². The van der Waals surface area contributed by atoms with Crippen molar-refractivity contribution in [3.63, 3.8) is 0 Å². The van der Waals surface area contributed by atoms with Gasteiger partial charge >= 0.3 is 10.1 Å².